The Kier molecular flexibility index (Phi) is 2.18. The topological polar surface area (TPSA) is 99.0 Å². The van der Waals surface area contributed by atoms with Crippen molar-refractivity contribution in [2.24, 2.45) is 0 Å². The third-order valence-corrected chi connectivity index (χ3v) is 2.50. The van der Waals surface area contributed by atoms with Crippen molar-refractivity contribution in [2.75, 3.05) is 6.61 Å². The lowest BCUT2D eigenvalue weighted by molar-refractivity contribution is -0.0483. The van der Waals surface area contributed by atoms with Crippen LogP contribution in [0.4, 0.5) is 4.79 Å². The van der Waals surface area contributed by atoms with Gasteiger partial charge in [-0.05, 0) is 5.57 Å². The molecule has 2 aliphatic rings. The van der Waals surface area contributed by atoms with Gasteiger partial charge in [0.1, 0.15) is 12.2 Å². The Balaban J connectivity index is 2.26. The number of carbonyl (C=O) groups excluding carboxylic acids is 1. The second-order valence-electron chi connectivity index (χ2n) is 3.38. The van der Waals surface area contributed by atoms with Crippen LogP contribution in [0.3, 0.4) is 0 Å². The lowest BCUT2D eigenvalue weighted by atomic mass is 9.89. The molecule has 1 aliphatic carbocycles. The zero-order valence-corrected chi connectivity index (χ0v) is 7.25. The molecule has 0 saturated carbocycles. The lowest BCUT2D eigenvalue weighted by Gasteiger charge is -2.30. The van der Waals surface area contributed by atoms with Gasteiger partial charge in [-0.2, -0.15) is 0 Å². The molecule has 0 aromatic heterocycles. The summed E-state index contributed by atoms with van der Waals surface area (Å²) < 4.78 is 4.75. The molecule has 0 bridgehead atoms. The van der Waals surface area contributed by atoms with E-state index in [-0.39, 0.29) is 6.61 Å². The summed E-state index contributed by atoms with van der Waals surface area (Å²) in [5, 5.41) is 30.3. The van der Waals surface area contributed by atoms with Crippen LogP contribution in [0.2, 0.25) is 0 Å². The van der Waals surface area contributed by atoms with Crippen LogP contribution in [0.15, 0.2) is 11.6 Å². The first-order chi connectivity index (χ1) is 6.63. The molecule has 4 atom stereocenters. The molecule has 1 saturated heterocycles. The Morgan fingerprint density at radius 1 is 1.50 bits per heavy atom. The van der Waals surface area contributed by atoms with Gasteiger partial charge < -0.3 is 25.4 Å². The maximum absolute atomic E-state index is 10.8. The van der Waals surface area contributed by atoms with Crippen molar-refractivity contribution in [1.82, 2.24) is 5.32 Å². The van der Waals surface area contributed by atoms with Crippen LogP contribution in [-0.4, -0.2) is 52.4 Å². The van der Waals surface area contributed by atoms with Gasteiger partial charge in [0.05, 0.1) is 12.6 Å². The standard InChI is InChI=1S/C8H11NO5/c10-2-3-1-4-7(6(12)5(3)11)14-8(13)9-4/h1,4-7,10-12H,2H2,(H,9,13)/t4-,5+,6-,7-/m0/s1. The van der Waals surface area contributed by atoms with E-state index in [0.29, 0.717) is 5.57 Å². The van der Waals surface area contributed by atoms with Gasteiger partial charge in [-0.25, -0.2) is 4.79 Å². The maximum Gasteiger partial charge on any atom is 0.408 e. The van der Waals surface area contributed by atoms with E-state index in [1.807, 2.05) is 0 Å². The number of amides is 1. The third-order valence-electron chi connectivity index (χ3n) is 2.50. The molecule has 4 N–H and O–H groups in total. The highest BCUT2D eigenvalue weighted by molar-refractivity contribution is 5.71. The zero-order chi connectivity index (χ0) is 10.3. The van der Waals surface area contributed by atoms with Crippen molar-refractivity contribution in [1.29, 1.82) is 0 Å². The molecule has 0 spiro atoms. The average molecular weight is 201 g/mol. The number of aliphatic hydroxyl groups excluding tert-OH is 3. The van der Waals surface area contributed by atoms with Gasteiger partial charge in [0.25, 0.3) is 0 Å². The summed E-state index contributed by atoms with van der Waals surface area (Å²) in [5.41, 5.74) is 0.296. The van der Waals surface area contributed by atoms with Crippen LogP contribution < -0.4 is 5.32 Å². The predicted molar refractivity (Wildman–Crippen MR) is 44.4 cm³/mol. The summed E-state index contributed by atoms with van der Waals surface area (Å²) in [6.07, 6.45) is -2.25. The van der Waals surface area contributed by atoms with E-state index >= 15 is 0 Å². The second-order valence-corrected chi connectivity index (χ2v) is 3.38. The SMILES string of the molecule is O=C1N[C@H]2C=C(CO)[C@@H](O)[C@H](O)[C@H]2O1. The minimum absolute atomic E-state index is 0.296. The molecular weight excluding hydrogens is 190 g/mol. The highest BCUT2D eigenvalue weighted by atomic mass is 16.6. The van der Waals surface area contributed by atoms with Gasteiger partial charge in [0.15, 0.2) is 6.10 Å². The molecule has 14 heavy (non-hydrogen) atoms. The molecule has 1 amide bonds. The first-order valence-corrected chi connectivity index (χ1v) is 4.28. The second kappa shape index (κ2) is 3.23. The monoisotopic (exact) mass is 201 g/mol. The van der Waals surface area contributed by atoms with Gasteiger partial charge in [0.2, 0.25) is 0 Å². The number of rotatable bonds is 1. The average Bonchev–Trinajstić information content (AvgIpc) is 2.52. The van der Waals surface area contributed by atoms with Crippen molar-refractivity contribution in [3.8, 4) is 0 Å². The molecule has 78 valence electrons. The molecule has 6 nitrogen and oxygen atoms in total. The molecule has 1 fully saturated rings. The lowest BCUT2D eigenvalue weighted by Crippen LogP contribution is -2.49. The van der Waals surface area contributed by atoms with Gasteiger partial charge in [-0.15, -0.1) is 0 Å². The van der Waals surface area contributed by atoms with E-state index in [9.17, 15) is 15.0 Å². The van der Waals surface area contributed by atoms with Crippen molar-refractivity contribution in [2.45, 2.75) is 24.4 Å². The Labute approximate surface area is 79.8 Å². The number of aliphatic hydroxyl groups is 3. The maximum atomic E-state index is 10.8. The van der Waals surface area contributed by atoms with Gasteiger partial charge in [0, 0.05) is 0 Å². The molecule has 1 aliphatic heterocycles. The Bertz CT molecular complexity index is 289. The molecule has 0 aromatic carbocycles. The number of carbonyl (C=O) groups is 1. The third kappa shape index (κ3) is 1.28. The Morgan fingerprint density at radius 3 is 2.86 bits per heavy atom. The molecule has 6 heteroatoms. The van der Waals surface area contributed by atoms with Crippen LogP contribution in [0.5, 0.6) is 0 Å². The summed E-state index contributed by atoms with van der Waals surface area (Å²) in [6, 6.07) is -0.469. The number of alkyl carbamates (subject to hydrolysis) is 1. The summed E-state index contributed by atoms with van der Waals surface area (Å²) in [4.78, 5) is 10.8. The Hall–Kier alpha value is -1.11. The summed E-state index contributed by atoms with van der Waals surface area (Å²) >= 11 is 0. The van der Waals surface area contributed by atoms with Crippen molar-refractivity contribution in [3.05, 3.63) is 11.6 Å². The van der Waals surface area contributed by atoms with Crippen molar-refractivity contribution < 1.29 is 24.9 Å². The quantitative estimate of drug-likeness (QED) is 0.372. The van der Waals surface area contributed by atoms with E-state index in [4.69, 9.17) is 9.84 Å². The van der Waals surface area contributed by atoms with Crippen LogP contribution in [0.25, 0.3) is 0 Å². The number of hydrogen-bond acceptors (Lipinski definition) is 5. The van der Waals surface area contributed by atoms with E-state index in [1.54, 1.807) is 0 Å². The molecular formula is C8H11NO5. The predicted octanol–water partition coefficient (Wildman–Crippen LogP) is -1.88. The fourth-order valence-corrected chi connectivity index (χ4v) is 1.74. The summed E-state index contributed by atoms with van der Waals surface area (Å²) in [6.45, 7) is -0.350. The molecule has 2 rings (SSSR count). The minimum Gasteiger partial charge on any atom is -0.441 e. The summed E-state index contributed by atoms with van der Waals surface area (Å²) in [7, 11) is 0. The largest absolute Gasteiger partial charge is 0.441 e. The van der Waals surface area contributed by atoms with Crippen LogP contribution >= 0.6 is 0 Å². The highest BCUT2D eigenvalue weighted by Gasteiger charge is 2.45. The van der Waals surface area contributed by atoms with Crippen molar-refractivity contribution in [3.63, 3.8) is 0 Å². The fourth-order valence-electron chi connectivity index (χ4n) is 1.74. The first kappa shape index (κ1) is 9.45. The van der Waals surface area contributed by atoms with Gasteiger partial charge in [-0.3, -0.25) is 0 Å². The van der Waals surface area contributed by atoms with Crippen LogP contribution in [0.1, 0.15) is 0 Å². The number of fused-ring (bicyclic) bond motifs is 1. The molecule has 0 unspecified atom stereocenters. The number of ether oxygens (including phenoxy) is 1. The van der Waals surface area contributed by atoms with Crippen molar-refractivity contribution >= 4 is 6.09 Å². The number of hydrogen-bond donors (Lipinski definition) is 4. The van der Waals surface area contributed by atoms with Crippen LogP contribution in [-0.2, 0) is 4.74 Å². The Morgan fingerprint density at radius 2 is 2.21 bits per heavy atom. The molecule has 1 heterocycles. The normalized spacial score (nSPS) is 41.1. The van der Waals surface area contributed by atoms with Crippen LogP contribution in [0, 0.1) is 0 Å². The van der Waals surface area contributed by atoms with E-state index in [0.717, 1.165) is 0 Å². The highest BCUT2D eigenvalue weighted by Crippen LogP contribution is 2.25. The number of nitrogens with one attached hydrogen (secondary N) is 1. The molecule has 0 aromatic rings. The molecule has 0 radical (unpaired) electrons. The van der Waals surface area contributed by atoms with E-state index < -0.39 is 30.4 Å². The fraction of sp³-hybridized carbons (Fsp3) is 0.625. The minimum atomic E-state index is -1.19. The first-order valence-electron chi connectivity index (χ1n) is 4.28. The zero-order valence-electron chi connectivity index (χ0n) is 7.25. The smallest absolute Gasteiger partial charge is 0.408 e. The van der Waals surface area contributed by atoms with Gasteiger partial charge >= 0.3 is 6.09 Å². The van der Waals surface area contributed by atoms with Gasteiger partial charge in [-0.1, -0.05) is 6.08 Å². The van der Waals surface area contributed by atoms with E-state index in [2.05, 4.69) is 5.32 Å². The van der Waals surface area contributed by atoms with E-state index in [1.165, 1.54) is 6.08 Å². The summed E-state index contributed by atoms with van der Waals surface area (Å²) in [5.74, 6) is 0.